The predicted molar refractivity (Wildman–Crippen MR) is 116 cm³/mol. The van der Waals surface area contributed by atoms with Crippen molar-refractivity contribution >= 4 is 44.8 Å². The molecule has 1 N–H and O–H groups in total. The Bertz CT molecular complexity index is 1030. The zero-order valence-electron chi connectivity index (χ0n) is 16.6. The standard InChI is InChI=1S/C21H24N2O4S2/c1-14-4-6-16(7-5-14)23(3)21(25)10-11-29(26,27)17-8-9-19-18(13-17)22-20(24)12-15(2)28-19/h4-9,13,15H,10-12H2,1-3H3,(H,22,24)/t15-/m0/s1. The van der Waals surface area contributed by atoms with E-state index < -0.39 is 9.84 Å². The number of amides is 2. The molecular formula is C21H24N2O4S2. The van der Waals surface area contributed by atoms with Crippen LogP contribution in [0.3, 0.4) is 0 Å². The summed E-state index contributed by atoms with van der Waals surface area (Å²) in [7, 11) is -2.03. The number of thioether (sulfide) groups is 1. The van der Waals surface area contributed by atoms with Gasteiger partial charge in [0.05, 0.1) is 16.3 Å². The molecule has 0 aromatic heterocycles. The minimum absolute atomic E-state index is 0.109. The summed E-state index contributed by atoms with van der Waals surface area (Å²) in [6.07, 6.45) is 0.253. The number of carbonyl (C=O) groups is 2. The molecule has 2 aromatic carbocycles. The van der Waals surface area contributed by atoms with Crippen molar-refractivity contribution in [2.24, 2.45) is 0 Å². The van der Waals surface area contributed by atoms with Crippen molar-refractivity contribution in [3.63, 3.8) is 0 Å². The summed E-state index contributed by atoms with van der Waals surface area (Å²) in [5.41, 5.74) is 2.31. The molecule has 1 aliphatic rings. The summed E-state index contributed by atoms with van der Waals surface area (Å²) in [6.45, 7) is 3.92. The van der Waals surface area contributed by atoms with E-state index in [1.165, 1.54) is 22.7 Å². The van der Waals surface area contributed by atoms with Crippen molar-refractivity contribution in [1.29, 1.82) is 0 Å². The number of sulfone groups is 1. The quantitative estimate of drug-likeness (QED) is 0.780. The fourth-order valence-electron chi connectivity index (χ4n) is 3.04. The number of rotatable bonds is 5. The predicted octanol–water partition coefficient (Wildman–Crippen LogP) is 3.64. The molecule has 2 amide bonds. The topological polar surface area (TPSA) is 83.6 Å². The largest absolute Gasteiger partial charge is 0.325 e. The first-order valence-electron chi connectivity index (χ1n) is 9.32. The lowest BCUT2D eigenvalue weighted by atomic mass is 10.2. The number of nitrogens with zero attached hydrogens (tertiary/aromatic N) is 1. The lowest BCUT2D eigenvalue weighted by molar-refractivity contribution is -0.118. The van der Waals surface area contributed by atoms with E-state index in [0.29, 0.717) is 12.1 Å². The molecule has 0 bridgehead atoms. The van der Waals surface area contributed by atoms with Crippen LogP contribution in [0.4, 0.5) is 11.4 Å². The third-order valence-electron chi connectivity index (χ3n) is 4.77. The van der Waals surface area contributed by atoms with Crippen molar-refractivity contribution in [2.45, 2.75) is 41.7 Å². The number of carbonyl (C=O) groups excluding carboxylic acids is 2. The van der Waals surface area contributed by atoms with E-state index in [9.17, 15) is 18.0 Å². The van der Waals surface area contributed by atoms with E-state index in [2.05, 4.69) is 5.32 Å². The molecule has 0 spiro atoms. The molecular weight excluding hydrogens is 408 g/mol. The minimum Gasteiger partial charge on any atom is -0.325 e. The molecule has 1 aliphatic heterocycles. The highest BCUT2D eigenvalue weighted by Crippen LogP contribution is 2.36. The minimum atomic E-state index is -3.66. The lowest BCUT2D eigenvalue weighted by Gasteiger charge is -2.17. The molecule has 3 rings (SSSR count). The summed E-state index contributed by atoms with van der Waals surface area (Å²) >= 11 is 1.54. The SMILES string of the molecule is Cc1ccc(N(C)C(=O)CCS(=O)(=O)c2ccc3c(c2)NC(=O)C[C@H](C)S3)cc1. The molecule has 0 saturated heterocycles. The van der Waals surface area contributed by atoms with Crippen LogP contribution in [0, 0.1) is 6.92 Å². The highest BCUT2D eigenvalue weighted by atomic mass is 32.2. The van der Waals surface area contributed by atoms with E-state index in [0.717, 1.165) is 16.1 Å². The van der Waals surface area contributed by atoms with Gasteiger partial charge in [-0.3, -0.25) is 9.59 Å². The van der Waals surface area contributed by atoms with Crippen LogP contribution in [0.25, 0.3) is 0 Å². The van der Waals surface area contributed by atoms with E-state index >= 15 is 0 Å². The summed E-state index contributed by atoms with van der Waals surface area (Å²) in [4.78, 5) is 26.8. The van der Waals surface area contributed by atoms with E-state index in [4.69, 9.17) is 0 Å². The van der Waals surface area contributed by atoms with Crippen molar-refractivity contribution in [2.75, 3.05) is 23.0 Å². The zero-order valence-corrected chi connectivity index (χ0v) is 18.3. The van der Waals surface area contributed by atoms with Gasteiger partial charge in [0.25, 0.3) is 0 Å². The van der Waals surface area contributed by atoms with Crippen molar-refractivity contribution < 1.29 is 18.0 Å². The molecule has 0 unspecified atom stereocenters. The van der Waals surface area contributed by atoms with Gasteiger partial charge in [-0.05, 0) is 37.3 Å². The second-order valence-electron chi connectivity index (χ2n) is 7.20. The lowest BCUT2D eigenvalue weighted by Crippen LogP contribution is -2.28. The average molecular weight is 433 g/mol. The number of fused-ring (bicyclic) bond motifs is 1. The van der Waals surface area contributed by atoms with Crippen LogP contribution in [0.15, 0.2) is 52.3 Å². The van der Waals surface area contributed by atoms with E-state index in [-0.39, 0.29) is 34.1 Å². The molecule has 1 atom stereocenters. The van der Waals surface area contributed by atoms with Crippen LogP contribution in [-0.4, -0.2) is 38.3 Å². The van der Waals surface area contributed by atoms with Gasteiger partial charge in [0.15, 0.2) is 9.84 Å². The molecule has 0 fully saturated rings. The Balaban J connectivity index is 1.72. The first kappa shape index (κ1) is 21.4. The van der Waals surface area contributed by atoms with Crippen LogP contribution < -0.4 is 10.2 Å². The maximum atomic E-state index is 12.8. The maximum absolute atomic E-state index is 12.8. The Labute approximate surface area is 175 Å². The van der Waals surface area contributed by atoms with Gasteiger partial charge in [-0.25, -0.2) is 8.42 Å². The number of anilines is 2. The van der Waals surface area contributed by atoms with Crippen LogP contribution in [0.5, 0.6) is 0 Å². The number of benzene rings is 2. The van der Waals surface area contributed by atoms with Gasteiger partial charge >= 0.3 is 0 Å². The smallest absolute Gasteiger partial charge is 0.227 e. The second kappa shape index (κ2) is 8.59. The number of hydrogen-bond acceptors (Lipinski definition) is 5. The maximum Gasteiger partial charge on any atom is 0.227 e. The molecule has 0 radical (unpaired) electrons. The molecule has 0 saturated carbocycles. The van der Waals surface area contributed by atoms with Gasteiger partial charge in [0.1, 0.15) is 0 Å². The Hall–Kier alpha value is -2.32. The third-order valence-corrected chi connectivity index (χ3v) is 7.66. The number of nitrogens with one attached hydrogen (secondary N) is 1. The fraction of sp³-hybridized carbons (Fsp3) is 0.333. The Morgan fingerprint density at radius 3 is 2.59 bits per heavy atom. The average Bonchev–Trinajstić information content (AvgIpc) is 2.81. The summed E-state index contributed by atoms with van der Waals surface area (Å²) < 4.78 is 25.5. The first-order chi connectivity index (χ1) is 13.7. The van der Waals surface area contributed by atoms with E-state index in [1.54, 1.807) is 19.2 Å². The highest BCUT2D eigenvalue weighted by molar-refractivity contribution is 8.00. The van der Waals surface area contributed by atoms with Crippen LogP contribution in [0.2, 0.25) is 0 Å². The van der Waals surface area contributed by atoms with Crippen LogP contribution in [0.1, 0.15) is 25.3 Å². The molecule has 8 heteroatoms. The van der Waals surface area contributed by atoms with Gasteiger partial charge in [-0.1, -0.05) is 24.6 Å². The zero-order chi connectivity index (χ0) is 21.2. The summed E-state index contributed by atoms with van der Waals surface area (Å²) in [6, 6.07) is 12.2. The molecule has 0 aliphatic carbocycles. The summed E-state index contributed by atoms with van der Waals surface area (Å²) in [5.74, 6) is -0.698. The molecule has 154 valence electrons. The van der Waals surface area contributed by atoms with Gasteiger partial charge in [0.2, 0.25) is 11.8 Å². The van der Waals surface area contributed by atoms with Gasteiger partial charge in [-0.2, -0.15) is 0 Å². The van der Waals surface area contributed by atoms with E-state index in [1.807, 2.05) is 38.1 Å². The summed E-state index contributed by atoms with van der Waals surface area (Å²) in [5, 5.41) is 2.89. The Kier molecular flexibility index (Phi) is 6.33. The second-order valence-corrected chi connectivity index (χ2v) is 10.8. The van der Waals surface area contributed by atoms with Gasteiger partial charge in [-0.15, -0.1) is 11.8 Å². The van der Waals surface area contributed by atoms with Gasteiger partial charge < -0.3 is 10.2 Å². The number of aryl methyl sites for hydroxylation is 1. The van der Waals surface area contributed by atoms with Crippen molar-refractivity contribution in [3.8, 4) is 0 Å². The first-order valence-corrected chi connectivity index (χ1v) is 11.9. The molecule has 6 nitrogen and oxygen atoms in total. The highest BCUT2D eigenvalue weighted by Gasteiger charge is 2.23. The monoisotopic (exact) mass is 432 g/mol. The molecule has 2 aromatic rings. The normalized spacial score (nSPS) is 16.5. The number of hydrogen-bond donors (Lipinski definition) is 1. The molecule has 1 heterocycles. The Morgan fingerprint density at radius 1 is 1.21 bits per heavy atom. The van der Waals surface area contributed by atoms with Crippen LogP contribution >= 0.6 is 11.8 Å². The van der Waals surface area contributed by atoms with Crippen molar-refractivity contribution in [3.05, 3.63) is 48.0 Å². The third kappa shape index (κ3) is 5.19. The van der Waals surface area contributed by atoms with Crippen LogP contribution in [-0.2, 0) is 19.4 Å². The molecule has 29 heavy (non-hydrogen) atoms. The van der Waals surface area contributed by atoms with Gasteiger partial charge in [0, 0.05) is 35.7 Å². The van der Waals surface area contributed by atoms with Crippen molar-refractivity contribution in [1.82, 2.24) is 0 Å². The fourth-order valence-corrected chi connectivity index (χ4v) is 5.35. The Morgan fingerprint density at radius 2 is 1.90 bits per heavy atom.